The molecule has 10 heteroatoms. The summed E-state index contributed by atoms with van der Waals surface area (Å²) >= 11 is 0.465. The highest BCUT2D eigenvalue weighted by Gasteiger charge is 2.23. The fourth-order valence-electron chi connectivity index (χ4n) is 1.62. The summed E-state index contributed by atoms with van der Waals surface area (Å²) in [7, 11) is -4.04. The van der Waals surface area contributed by atoms with Crippen LogP contribution in [0.15, 0.2) is 39.8 Å². The van der Waals surface area contributed by atoms with Gasteiger partial charge in [0.25, 0.3) is 16.4 Å². The molecule has 2 aromatic heterocycles. The van der Waals surface area contributed by atoms with Crippen molar-refractivity contribution in [2.75, 3.05) is 4.72 Å². The van der Waals surface area contributed by atoms with Crippen molar-refractivity contribution in [3.8, 4) is 0 Å². The second-order valence-electron chi connectivity index (χ2n) is 3.95. The maximum Gasteiger partial charge on any atom is 0.297 e. The van der Waals surface area contributed by atoms with Crippen molar-refractivity contribution in [2.24, 2.45) is 0 Å². The Morgan fingerprint density at radius 2 is 2.00 bits per heavy atom. The van der Waals surface area contributed by atoms with Gasteiger partial charge in [-0.25, -0.2) is 8.78 Å². The van der Waals surface area contributed by atoms with E-state index in [9.17, 15) is 17.2 Å². The van der Waals surface area contributed by atoms with E-state index >= 15 is 0 Å². The van der Waals surface area contributed by atoms with Gasteiger partial charge in [-0.05, 0) is 6.07 Å². The topological polar surface area (TPSA) is 85.1 Å². The molecule has 0 fully saturated rings. The van der Waals surface area contributed by atoms with Crippen molar-refractivity contribution in [1.29, 1.82) is 0 Å². The number of para-hydroxylation sites is 1. The lowest BCUT2D eigenvalue weighted by Crippen LogP contribution is -2.11. The van der Waals surface area contributed by atoms with E-state index in [1.807, 2.05) is 0 Å². The van der Waals surface area contributed by atoms with Crippen LogP contribution in [0.3, 0.4) is 0 Å². The van der Waals surface area contributed by atoms with Gasteiger partial charge in [-0.1, -0.05) is 29.5 Å². The molecule has 3 aromatic rings. The predicted molar refractivity (Wildman–Crippen MR) is 71.9 cm³/mol. The zero-order chi connectivity index (χ0) is 15.0. The third-order valence-corrected chi connectivity index (χ3v) is 4.68. The number of nitrogens with one attached hydrogen (secondary N) is 1. The summed E-state index contributed by atoms with van der Waals surface area (Å²) in [5, 5.41) is 6.05. The maximum absolute atomic E-state index is 12.4. The van der Waals surface area contributed by atoms with Crippen LogP contribution in [0, 0.1) is 0 Å². The van der Waals surface area contributed by atoms with Crippen molar-refractivity contribution in [3.63, 3.8) is 0 Å². The van der Waals surface area contributed by atoms with Gasteiger partial charge in [0, 0.05) is 11.5 Å². The highest BCUT2D eigenvalue weighted by Crippen LogP contribution is 2.28. The normalized spacial score (nSPS) is 12.1. The minimum atomic E-state index is -4.04. The fraction of sp³-hybridized carbons (Fsp3) is 0.0909. The van der Waals surface area contributed by atoms with Gasteiger partial charge >= 0.3 is 0 Å². The van der Waals surface area contributed by atoms with Crippen LogP contribution < -0.4 is 4.72 Å². The number of sulfonamides is 1. The number of benzene rings is 1. The Morgan fingerprint density at radius 1 is 1.24 bits per heavy atom. The van der Waals surface area contributed by atoms with Crippen molar-refractivity contribution in [3.05, 3.63) is 35.3 Å². The van der Waals surface area contributed by atoms with E-state index in [4.69, 9.17) is 4.42 Å². The van der Waals surface area contributed by atoms with E-state index in [1.54, 1.807) is 24.3 Å². The van der Waals surface area contributed by atoms with Crippen LogP contribution in [0.5, 0.6) is 0 Å². The summed E-state index contributed by atoms with van der Waals surface area (Å²) < 4.78 is 56.2. The molecule has 0 unspecified atom stereocenters. The summed E-state index contributed by atoms with van der Waals surface area (Å²) in [5.41, 5.74) is 0.406. The number of nitrogens with zero attached hydrogens (tertiary/aromatic N) is 2. The Hall–Kier alpha value is -2.07. The molecule has 110 valence electrons. The summed E-state index contributed by atoms with van der Waals surface area (Å²) in [6.07, 6.45) is -2.80. The maximum atomic E-state index is 12.4. The molecule has 1 aromatic carbocycles. The van der Waals surface area contributed by atoms with Gasteiger partial charge in [-0.2, -0.15) is 8.42 Å². The monoisotopic (exact) mass is 331 g/mol. The standard InChI is InChI=1S/C11H7F2N3O3S2/c12-9(13)10-14-15-11(20-10)16-21(17,18)8-5-6-3-1-2-4-7(6)19-8/h1-5,9H,(H,15,16). The SMILES string of the molecule is O=S(=O)(Nc1nnc(C(F)F)s1)c1cc2ccccc2o1. The van der Waals surface area contributed by atoms with Crippen LogP contribution in [0.1, 0.15) is 11.4 Å². The minimum absolute atomic E-state index is 0.245. The van der Waals surface area contributed by atoms with Crippen LogP contribution >= 0.6 is 11.3 Å². The number of anilines is 1. The van der Waals surface area contributed by atoms with Gasteiger partial charge in [0.2, 0.25) is 10.2 Å². The molecule has 0 aliphatic rings. The molecule has 0 radical (unpaired) electrons. The molecule has 0 atom stereocenters. The molecule has 0 saturated carbocycles. The lowest BCUT2D eigenvalue weighted by molar-refractivity contribution is 0.150. The lowest BCUT2D eigenvalue weighted by atomic mass is 10.3. The summed E-state index contributed by atoms with van der Waals surface area (Å²) in [5.74, 6) is 0. The van der Waals surface area contributed by atoms with Crippen molar-refractivity contribution in [1.82, 2.24) is 10.2 Å². The van der Waals surface area contributed by atoms with Gasteiger partial charge in [0.05, 0.1) is 0 Å². The van der Waals surface area contributed by atoms with Crippen molar-refractivity contribution < 1.29 is 21.6 Å². The smallest absolute Gasteiger partial charge is 0.297 e. The van der Waals surface area contributed by atoms with Gasteiger partial charge in [-0.15, -0.1) is 10.2 Å². The molecular weight excluding hydrogens is 324 g/mol. The number of alkyl halides is 2. The third kappa shape index (κ3) is 2.72. The van der Waals surface area contributed by atoms with Gasteiger partial charge in [0.1, 0.15) is 5.58 Å². The largest absolute Gasteiger partial charge is 0.443 e. The Bertz CT molecular complexity index is 856. The highest BCUT2D eigenvalue weighted by molar-refractivity contribution is 7.92. The van der Waals surface area contributed by atoms with Gasteiger partial charge in [0.15, 0.2) is 5.01 Å². The number of furan rings is 1. The van der Waals surface area contributed by atoms with Crippen LogP contribution in [-0.4, -0.2) is 18.6 Å². The average Bonchev–Trinajstić information content (AvgIpc) is 3.04. The van der Waals surface area contributed by atoms with Crippen LogP contribution in [0.25, 0.3) is 11.0 Å². The Labute approximate surface area is 121 Å². The molecule has 2 heterocycles. The first kappa shape index (κ1) is 13.9. The molecule has 0 aliphatic carbocycles. The fourth-order valence-corrected chi connectivity index (χ4v) is 3.42. The second kappa shape index (κ2) is 5.04. The van der Waals surface area contributed by atoms with E-state index in [1.165, 1.54) is 6.07 Å². The molecule has 0 aliphatic heterocycles. The van der Waals surface area contributed by atoms with Crippen LogP contribution in [-0.2, 0) is 10.0 Å². The van der Waals surface area contributed by atoms with E-state index in [-0.39, 0.29) is 10.2 Å². The molecule has 0 spiro atoms. The van der Waals surface area contributed by atoms with Gasteiger partial charge < -0.3 is 4.42 Å². The first-order chi connectivity index (χ1) is 9.95. The average molecular weight is 331 g/mol. The van der Waals surface area contributed by atoms with Crippen LogP contribution in [0.4, 0.5) is 13.9 Å². The number of hydrogen-bond donors (Lipinski definition) is 1. The molecule has 21 heavy (non-hydrogen) atoms. The molecular formula is C11H7F2N3O3S2. The quantitative estimate of drug-likeness (QED) is 0.794. The third-order valence-electron chi connectivity index (χ3n) is 2.52. The van der Waals surface area contributed by atoms with E-state index in [0.29, 0.717) is 22.3 Å². The second-order valence-corrected chi connectivity index (χ2v) is 6.58. The minimum Gasteiger partial charge on any atom is -0.443 e. The molecule has 0 saturated heterocycles. The number of halogens is 2. The van der Waals surface area contributed by atoms with Crippen molar-refractivity contribution in [2.45, 2.75) is 11.5 Å². The van der Waals surface area contributed by atoms with Crippen molar-refractivity contribution >= 4 is 37.5 Å². The molecule has 6 nitrogen and oxygen atoms in total. The number of fused-ring (bicyclic) bond motifs is 1. The Morgan fingerprint density at radius 3 is 2.67 bits per heavy atom. The first-order valence-electron chi connectivity index (χ1n) is 5.59. The predicted octanol–water partition coefficient (Wildman–Crippen LogP) is 3.02. The molecule has 0 bridgehead atoms. The lowest BCUT2D eigenvalue weighted by Gasteiger charge is -1.99. The van der Waals surface area contributed by atoms with Crippen LogP contribution in [0.2, 0.25) is 0 Å². The molecule has 1 N–H and O–H groups in total. The van der Waals surface area contributed by atoms with Gasteiger partial charge in [-0.3, -0.25) is 4.72 Å². The highest BCUT2D eigenvalue weighted by atomic mass is 32.2. The number of aromatic nitrogens is 2. The van der Waals surface area contributed by atoms with E-state index in [2.05, 4.69) is 14.9 Å². The molecule has 3 rings (SSSR count). The summed E-state index contributed by atoms with van der Waals surface area (Å²) in [4.78, 5) is 0. The summed E-state index contributed by atoms with van der Waals surface area (Å²) in [6.45, 7) is 0. The number of hydrogen-bond acceptors (Lipinski definition) is 6. The van der Waals surface area contributed by atoms with E-state index in [0.717, 1.165) is 0 Å². The number of rotatable bonds is 4. The first-order valence-corrected chi connectivity index (χ1v) is 7.88. The Kier molecular flexibility index (Phi) is 3.33. The molecule has 0 amide bonds. The zero-order valence-electron chi connectivity index (χ0n) is 10.2. The Balaban J connectivity index is 1.92. The summed E-state index contributed by atoms with van der Waals surface area (Å²) in [6, 6.07) is 8.09. The van der Waals surface area contributed by atoms with E-state index < -0.39 is 21.5 Å². The zero-order valence-corrected chi connectivity index (χ0v) is 11.8.